The molecule has 0 aliphatic carbocycles. The highest BCUT2D eigenvalue weighted by Crippen LogP contribution is 1.94. The number of nitrogens with zero attached hydrogens (tertiary/aromatic N) is 2. The lowest BCUT2D eigenvalue weighted by Crippen LogP contribution is -2.07. The van der Waals surface area contributed by atoms with Gasteiger partial charge in [0.1, 0.15) is 13.5 Å². The molecule has 11 heavy (non-hydrogen) atoms. The van der Waals surface area contributed by atoms with Gasteiger partial charge in [-0.15, -0.1) is 0 Å². The summed E-state index contributed by atoms with van der Waals surface area (Å²) < 4.78 is 1.83. The van der Waals surface area contributed by atoms with Crippen molar-refractivity contribution in [2.75, 3.05) is 0 Å². The fraction of sp³-hybridized carbons (Fsp3) is 0.125. The quantitative estimate of drug-likeness (QED) is 0.499. The van der Waals surface area contributed by atoms with Gasteiger partial charge in [0.2, 0.25) is 0 Å². The van der Waals surface area contributed by atoms with Crippen LogP contribution in [0.15, 0.2) is 30.6 Å². The standard InChI is InChI=1S/C7H5BN2.CH4/c8-6-5-9-7-3-1-2-4-10(6)7;/h1-5H;1H4. The first-order valence-electron chi connectivity index (χ1n) is 3.05. The normalized spacial score (nSPS) is 9.45. The topological polar surface area (TPSA) is 17.3 Å². The van der Waals surface area contributed by atoms with E-state index in [1.54, 1.807) is 6.20 Å². The molecule has 2 aromatic heterocycles. The van der Waals surface area contributed by atoms with E-state index in [9.17, 15) is 0 Å². The fourth-order valence-electron chi connectivity index (χ4n) is 0.952. The first-order valence-corrected chi connectivity index (χ1v) is 3.05. The second-order valence-electron chi connectivity index (χ2n) is 2.11. The van der Waals surface area contributed by atoms with Gasteiger partial charge in [-0.2, -0.15) is 0 Å². The van der Waals surface area contributed by atoms with Crippen LogP contribution in [0, 0.1) is 0 Å². The third-order valence-corrected chi connectivity index (χ3v) is 1.45. The maximum absolute atomic E-state index is 5.58. The molecule has 2 radical (unpaired) electrons. The predicted octanol–water partition coefficient (Wildman–Crippen LogP) is 0.764. The smallest absolute Gasteiger partial charge is 0.141 e. The van der Waals surface area contributed by atoms with E-state index >= 15 is 0 Å². The van der Waals surface area contributed by atoms with Gasteiger partial charge in [-0.25, -0.2) is 4.98 Å². The zero-order valence-corrected chi connectivity index (χ0v) is 5.36. The molecule has 54 valence electrons. The Balaban J connectivity index is 0.000000605. The van der Waals surface area contributed by atoms with Crippen molar-refractivity contribution < 1.29 is 0 Å². The van der Waals surface area contributed by atoms with Crippen LogP contribution in [-0.4, -0.2) is 17.2 Å². The van der Waals surface area contributed by atoms with Gasteiger partial charge >= 0.3 is 0 Å². The Morgan fingerprint density at radius 2 is 2.18 bits per heavy atom. The van der Waals surface area contributed by atoms with E-state index in [0.717, 1.165) is 5.65 Å². The minimum atomic E-state index is 0. The van der Waals surface area contributed by atoms with Crippen molar-refractivity contribution in [3.05, 3.63) is 30.6 Å². The highest BCUT2D eigenvalue weighted by Gasteiger charge is 1.92. The third kappa shape index (κ3) is 1.14. The van der Waals surface area contributed by atoms with Crippen molar-refractivity contribution in [2.24, 2.45) is 0 Å². The Hall–Kier alpha value is -1.25. The van der Waals surface area contributed by atoms with Gasteiger partial charge in [-0.05, 0) is 17.7 Å². The number of hydrogen-bond donors (Lipinski definition) is 0. The lowest BCUT2D eigenvalue weighted by molar-refractivity contribution is 1.22. The van der Waals surface area contributed by atoms with Crippen LogP contribution in [0.2, 0.25) is 0 Å². The van der Waals surface area contributed by atoms with E-state index in [4.69, 9.17) is 7.85 Å². The average Bonchev–Trinajstić information content (AvgIpc) is 2.34. The Bertz CT molecular complexity index is 354. The van der Waals surface area contributed by atoms with Crippen LogP contribution in [0.4, 0.5) is 0 Å². The van der Waals surface area contributed by atoms with Gasteiger partial charge in [0.15, 0.2) is 0 Å². The summed E-state index contributed by atoms with van der Waals surface area (Å²) in [5, 5.41) is 0. The molecule has 3 heteroatoms. The van der Waals surface area contributed by atoms with Crippen molar-refractivity contribution in [1.82, 2.24) is 9.38 Å². The minimum Gasteiger partial charge on any atom is -0.315 e. The molecule has 2 aromatic rings. The van der Waals surface area contributed by atoms with Gasteiger partial charge in [-0.3, -0.25) is 0 Å². The average molecular weight is 144 g/mol. The third-order valence-electron chi connectivity index (χ3n) is 1.45. The first-order chi connectivity index (χ1) is 4.88. The van der Waals surface area contributed by atoms with E-state index in [1.165, 1.54) is 0 Å². The molecule has 0 amide bonds. The maximum atomic E-state index is 5.58. The molecule has 0 aromatic carbocycles. The van der Waals surface area contributed by atoms with Gasteiger partial charge in [0.25, 0.3) is 0 Å². The number of rotatable bonds is 0. The largest absolute Gasteiger partial charge is 0.315 e. The molecule has 2 heterocycles. The summed E-state index contributed by atoms with van der Waals surface area (Å²) in [7, 11) is 5.58. The molecule has 0 atom stereocenters. The molecule has 0 saturated heterocycles. The number of imidazole rings is 1. The molecule has 2 nitrogen and oxygen atoms in total. The minimum absolute atomic E-state index is 0. The van der Waals surface area contributed by atoms with Crippen LogP contribution in [0.5, 0.6) is 0 Å². The van der Waals surface area contributed by atoms with Crippen molar-refractivity contribution in [3.8, 4) is 0 Å². The molecular weight excluding hydrogens is 135 g/mol. The van der Waals surface area contributed by atoms with Crippen LogP contribution >= 0.6 is 0 Å². The highest BCUT2D eigenvalue weighted by atomic mass is 15.0. The van der Waals surface area contributed by atoms with Gasteiger partial charge in [-0.1, -0.05) is 13.5 Å². The van der Waals surface area contributed by atoms with Crippen LogP contribution < -0.4 is 5.59 Å². The Morgan fingerprint density at radius 3 is 2.91 bits per heavy atom. The Kier molecular flexibility index (Phi) is 1.99. The van der Waals surface area contributed by atoms with Crippen molar-refractivity contribution in [3.63, 3.8) is 0 Å². The monoisotopic (exact) mass is 144 g/mol. The van der Waals surface area contributed by atoms with Crippen LogP contribution in [-0.2, 0) is 0 Å². The number of hydrogen-bond acceptors (Lipinski definition) is 1. The number of aromatic nitrogens is 2. The predicted molar refractivity (Wildman–Crippen MR) is 47.3 cm³/mol. The van der Waals surface area contributed by atoms with Crippen LogP contribution in [0.3, 0.4) is 0 Å². The summed E-state index contributed by atoms with van der Waals surface area (Å²) >= 11 is 0. The van der Waals surface area contributed by atoms with E-state index < -0.39 is 0 Å². The second-order valence-corrected chi connectivity index (χ2v) is 2.11. The summed E-state index contributed by atoms with van der Waals surface area (Å²) in [6.45, 7) is 0. The molecular formula is C8H9BN2. The van der Waals surface area contributed by atoms with Gasteiger partial charge in [0, 0.05) is 12.4 Å². The molecule has 0 aliphatic heterocycles. The van der Waals surface area contributed by atoms with Crippen LogP contribution in [0.1, 0.15) is 7.43 Å². The van der Waals surface area contributed by atoms with E-state index in [1.807, 2.05) is 28.8 Å². The zero-order valence-electron chi connectivity index (χ0n) is 5.36. The van der Waals surface area contributed by atoms with Crippen LogP contribution in [0.25, 0.3) is 5.65 Å². The highest BCUT2D eigenvalue weighted by molar-refractivity contribution is 6.31. The summed E-state index contributed by atoms with van der Waals surface area (Å²) in [5.74, 6) is 0. The van der Waals surface area contributed by atoms with Gasteiger partial charge in [0.05, 0.1) is 0 Å². The molecule has 0 bridgehead atoms. The molecule has 0 aliphatic rings. The fourth-order valence-corrected chi connectivity index (χ4v) is 0.952. The molecule has 0 N–H and O–H groups in total. The summed E-state index contributed by atoms with van der Waals surface area (Å²) in [6.07, 6.45) is 3.53. The summed E-state index contributed by atoms with van der Waals surface area (Å²) in [6, 6.07) is 5.77. The van der Waals surface area contributed by atoms with E-state index in [-0.39, 0.29) is 7.43 Å². The van der Waals surface area contributed by atoms with Gasteiger partial charge < -0.3 is 4.40 Å². The summed E-state index contributed by atoms with van der Waals surface area (Å²) in [4.78, 5) is 4.06. The van der Waals surface area contributed by atoms with E-state index in [2.05, 4.69) is 4.98 Å². The molecule has 2 rings (SSSR count). The maximum Gasteiger partial charge on any atom is 0.141 e. The molecule has 0 unspecified atom stereocenters. The molecule has 0 spiro atoms. The van der Waals surface area contributed by atoms with Crippen molar-refractivity contribution >= 4 is 19.1 Å². The number of pyridine rings is 1. The Labute approximate surface area is 67.3 Å². The van der Waals surface area contributed by atoms with Crippen molar-refractivity contribution in [2.45, 2.75) is 7.43 Å². The SMILES string of the molecule is C.[B]c1cnc2ccccn12. The first kappa shape index (κ1) is 7.86. The Morgan fingerprint density at radius 1 is 1.36 bits per heavy atom. The van der Waals surface area contributed by atoms with Crippen molar-refractivity contribution in [1.29, 1.82) is 0 Å². The molecule has 0 saturated carbocycles. The lowest BCUT2D eigenvalue weighted by atomic mass is 10.1. The zero-order chi connectivity index (χ0) is 6.97. The lowest BCUT2D eigenvalue weighted by Gasteiger charge is -1.92. The number of fused-ring (bicyclic) bond motifs is 1. The van der Waals surface area contributed by atoms with E-state index in [0.29, 0.717) is 5.59 Å². The molecule has 0 fully saturated rings. The summed E-state index contributed by atoms with van der Waals surface area (Å²) in [5.41, 5.74) is 1.57. The second kappa shape index (κ2) is 2.78.